The van der Waals surface area contributed by atoms with Gasteiger partial charge in [0.1, 0.15) is 11.9 Å². The van der Waals surface area contributed by atoms with Crippen molar-refractivity contribution >= 4 is 47.4 Å². The van der Waals surface area contributed by atoms with Gasteiger partial charge in [-0.2, -0.15) is 12.6 Å². The van der Waals surface area contributed by atoms with Crippen molar-refractivity contribution in [2.24, 2.45) is 5.92 Å². The quantitative estimate of drug-likeness (QED) is 0.344. The van der Waals surface area contributed by atoms with Crippen LogP contribution in [0.4, 0.5) is 4.79 Å². The van der Waals surface area contributed by atoms with Crippen molar-refractivity contribution in [2.75, 3.05) is 12.5 Å². The van der Waals surface area contributed by atoms with E-state index in [1.807, 2.05) is 0 Å². The van der Waals surface area contributed by atoms with Crippen LogP contribution < -0.4 is 0 Å². The average molecular weight is 421 g/mol. The molecular weight excluding hydrogens is 392 g/mol. The smallest absolute Gasteiger partial charge is 0.371 e. The lowest BCUT2D eigenvalue weighted by atomic mass is 9.95. The van der Waals surface area contributed by atoms with Gasteiger partial charge in [-0.25, -0.2) is 4.79 Å². The lowest BCUT2D eigenvalue weighted by Crippen LogP contribution is -2.35. The summed E-state index contributed by atoms with van der Waals surface area (Å²) in [6.07, 6.45) is 4.81. The molecule has 1 atom stereocenters. The van der Waals surface area contributed by atoms with Crippen molar-refractivity contribution in [3.05, 3.63) is 0 Å². The van der Waals surface area contributed by atoms with Gasteiger partial charge in [0.2, 0.25) is 6.79 Å². The van der Waals surface area contributed by atoms with Gasteiger partial charge in [0, 0.05) is 19.1 Å². The van der Waals surface area contributed by atoms with Crippen molar-refractivity contribution in [1.29, 1.82) is 0 Å². The third kappa shape index (κ3) is 9.01. The molecule has 0 spiro atoms. The highest BCUT2D eigenvalue weighted by Crippen LogP contribution is 2.30. The summed E-state index contributed by atoms with van der Waals surface area (Å²) in [4.78, 5) is 47.4. The summed E-state index contributed by atoms with van der Waals surface area (Å²) in [6.45, 7) is 3.85. The van der Waals surface area contributed by atoms with E-state index in [2.05, 4.69) is 17.4 Å². The molecule has 1 saturated carbocycles. The van der Waals surface area contributed by atoms with Gasteiger partial charge in [0.15, 0.2) is 0 Å². The molecule has 0 aromatic heterocycles. The van der Waals surface area contributed by atoms with Crippen molar-refractivity contribution in [3.8, 4) is 0 Å². The third-order valence-electron chi connectivity index (χ3n) is 4.27. The molecule has 0 heterocycles. The van der Waals surface area contributed by atoms with E-state index in [0.717, 1.165) is 32.1 Å². The highest BCUT2D eigenvalue weighted by molar-refractivity contribution is 8.15. The molecule has 154 valence electrons. The van der Waals surface area contributed by atoms with E-state index < -0.39 is 34.7 Å². The van der Waals surface area contributed by atoms with Crippen LogP contribution in [0.3, 0.4) is 0 Å². The number of ketones is 1. The Kier molecular flexibility index (Phi) is 10.2. The molecule has 0 bridgehead atoms. The Bertz CT molecular complexity index is 542. The first-order chi connectivity index (χ1) is 12.7. The Hall–Kier alpha value is -1.22. The number of Topliss-reactive ketones (excluding diaryl/α,β-unsaturated/α-hetero) is 1. The number of thiol groups is 1. The average Bonchev–Trinajstić information content (AvgIpc) is 2.59. The predicted octanol–water partition coefficient (Wildman–Crippen LogP) is 3.54. The molecule has 1 fully saturated rings. The van der Waals surface area contributed by atoms with Crippen LogP contribution in [0, 0.1) is 5.92 Å². The Morgan fingerprint density at radius 2 is 1.74 bits per heavy atom. The van der Waals surface area contributed by atoms with Gasteiger partial charge in [-0.3, -0.25) is 14.4 Å². The second-order valence-electron chi connectivity index (χ2n) is 6.96. The highest BCUT2D eigenvalue weighted by atomic mass is 32.2. The molecule has 0 aromatic carbocycles. The predicted molar refractivity (Wildman–Crippen MR) is 105 cm³/mol. The van der Waals surface area contributed by atoms with Crippen LogP contribution in [0.2, 0.25) is 0 Å². The summed E-state index contributed by atoms with van der Waals surface area (Å²) >= 11 is 4.86. The zero-order chi connectivity index (χ0) is 20.4. The van der Waals surface area contributed by atoms with Crippen LogP contribution in [-0.2, 0) is 28.6 Å². The first kappa shape index (κ1) is 23.8. The lowest BCUT2D eigenvalue weighted by Gasteiger charge is -2.26. The maximum atomic E-state index is 12.6. The maximum absolute atomic E-state index is 12.6. The molecule has 9 heteroatoms. The van der Waals surface area contributed by atoms with Crippen molar-refractivity contribution < 1.29 is 33.4 Å². The first-order valence-electron chi connectivity index (χ1n) is 8.99. The van der Waals surface area contributed by atoms with Gasteiger partial charge < -0.3 is 14.2 Å². The van der Waals surface area contributed by atoms with Gasteiger partial charge in [-0.05, 0) is 51.3 Å². The fraction of sp³-hybridized carbons (Fsp3) is 0.778. The molecule has 0 unspecified atom stereocenters. The summed E-state index contributed by atoms with van der Waals surface area (Å²) in [5.74, 6) is -1.73. The molecule has 0 aromatic rings. The SMILES string of the molecule is CC(=O)OCOC(=O)SC(C)(C)C(=O)C[C@@H](CS)C(=O)OC1CCCCC1. The molecular formula is C18H28O7S2. The number of ether oxygens (including phenoxy) is 3. The first-order valence-corrected chi connectivity index (χ1v) is 10.4. The molecule has 1 aliphatic carbocycles. The summed E-state index contributed by atoms with van der Waals surface area (Å²) in [6, 6.07) is 0. The van der Waals surface area contributed by atoms with E-state index in [1.54, 1.807) is 13.8 Å². The van der Waals surface area contributed by atoms with Gasteiger partial charge >= 0.3 is 17.2 Å². The number of carbonyl (C=O) groups excluding carboxylic acids is 4. The molecule has 0 amide bonds. The second-order valence-corrected chi connectivity index (χ2v) is 8.89. The molecule has 7 nitrogen and oxygen atoms in total. The topological polar surface area (TPSA) is 96.0 Å². The molecule has 0 aliphatic heterocycles. The van der Waals surface area contributed by atoms with Crippen LogP contribution >= 0.6 is 24.4 Å². The Morgan fingerprint density at radius 3 is 2.30 bits per heavy atom. The van der Waals surface area contributed by atoms with E-state index >= 15 is 0 Å². The van der Waals surface area contributed by atoms with Crippen LogP contribution in [0.15, 0.2) is 0 Å². The minimum Gasteiger partial charge on any atom is -0.462 e. The second kappa shape index (κ2) is 11.6. The molecule has 1 aliphatic rings. The summed E-state index contributed by atoms with van der Waals surface area (Å²) < 4.78 is 13.7. The monoisotopic (exact) mass is 420 g/mol. The molecule has 1 rings (SSSR count). The van der Waals surface area contributed by atoms with Crippen LogP contribution in [0.5, 0.6) is 0 Å². The number of hydrogen-bond acceptors (Lipinski definition) is 9. The van der Waals surface area contributed by atoms with E-state index in [-0.39, 0.29) is 24.1 Å². The fourth-order valence-electron chi connectivity index (χ4n) is 2.59. The summed E-state index contributed by atoms with van der Waals surface area (Å²) in [5.41, 5.74) is 0. The van der Waals surface area contributed by atoms with Crippen LogP contribution in [-0.4, -0.2) is 46.4 Å². The number of rotatable bonds is 9. The number of hydrogen-bond donors (Lipinski definition) is 1. The standard InChI is InChI=1S/C18H28O7S2/c1-12(19)23-11-24-17(22)27-18(2,3)15(20)9-13(10-26)16(21)25-14-7-5-4-6-8-14/h13-14,26H,4-11H2,1-3H3/t13-/m0/s1. The van der Waals surface area contributed by atoms with E-state index in [4.69, 9.17) is 9.47 Å². The number of carbonyl (C=O) groups is 4. The van der Waals surface area contributed by atoms with E-state index in [9.17, 15) is 19.2 Å². The van der Waals surface area contributed by atoms with E-state index in [0.29, 0.717) is 11.8 Å². The van der Waals surface area contributed by atoms with Crippen LogP contribution in [0.25, 0.3) is 0 Å². The zero-order valence-electron chi connectivity index (χ0n) is 16.0. The minimum absolute atomic E-state index is 0.0632. The number of esters is 2. The Labute approximate surface area is 169 Å². The maximum Gasteiger partial charge on any atom is 0.371 e. The van der Waals surface area contributed by atoms with Gasteiger partial charge in [-0.1, -0.05) is 6.42 Å². The van der Waals surface area contributed by atoms with Crippen molar-refractivity contribution in [1.82, 2.24) is 0 Å². The molecule has 0 N–H and O–H groups in total. The van der Waals surface area contributed by atoms with Crippen molar-refractivity contribution in [3.63, 3.8) is 0 Å². The molecule has 0 radical (unpaired) electrons. The van der Waals surface area contributed by atoms with Gasteiger partial charge in [0.25, 0.3) is 0 Å². The summed E-state index contributed by atoms with van der Waals surface area (Å²) in [7, 11) is 0. The lowest BCUT2D eigenvalue weighted by molar-refractivity contribution is -0.156. The normalized spacial score (nSPS) is 16.3. The zero-order valence-corrected chi connectivity index (χ0v) is 17.7. The molecule has 0 saturated heterocycles. The van der Waals surface area contributed by atoms with Crippen molar-refractivity contribution in [2.45, 2.75) is 70.1 Å². The molecule has 27 heavy (non-hydrogen) atoms. The Balaban J connectivity index is 2.52. The highest BCUT2D eigenvalue weighted by Gasteiger charge is 2.36. The summed E-state index contributed by atoms with van der Waals surface area (Å²) in [5, 5.41) is -0.734. The Morgan fingerprint density at radius 1 is 1.11 bits per heavy atom. The fourth-order valence-corrected chi connectivity index (χ4v) is 3.59. The van der Waals surface area contributed by atoms with Gasteiger partial charge in [0.05, 0.1) is 10.7 Å². The number of thioether (sulfide) groups is 1. The van der Waals surface area contributed by atoms with E-state index in [1.165, 1.54) is 6.92 Å². The third-order valence-corrected chi connectivity index (χ3v) is 5.73. The van der Waals surface area contributed by atoms with Gasteiger partial charge in [-0.15, -0.1) is 0 Å². The minimum atomic E-state index is -1.10. The van der Waals surface area contributed by atoms with Crippen LogP contribution in [0.1, 0.15) is 59.3 Å². The largest absolute Gasteiger partial charge is 0.462 e.